The summed E-state index contributed by atoms with van der Waals surface area (Å²) in [6, 6.07) is 10.7. The number of pyridine rings is 1. The summed E-state index contributed by atoms with van der Waals surface area (Å²) >= 11 is 0. The van der Waals surface area contributed by atoms with Gasteiger partial charge in [0.15, 0.2) is 0 Å². The molecule has 32 heavy (non-hydrogen) atoms. The lowest BCUT2D eigenvalue weighted by atomic mass is 9.98. The van der Waals surface area contributed by atoms with Crippen LogP contribution >= 0.6 is 0 Å². The van der Waals surface area contributed by atoms with Crippen molar-refractivity contribution >= 4 is 17.2 Å². The van der Waals surface area contributed by atoms with Crippen molar-refractivity contribution in [3.63, 3.8) is 0 Å². The van der Waals surface area contributed by atoms with Crippen molar-refractivity contribution in [1.29, 1.82) is 0 Å². The SMILES string of the molecule is O=c1c([N+](=O)[O-])c(N2CCCC(c3nc(-c4ccc(F)cc4)no3)C2)nc2ccccn12. The van der Waals surface area contributed by atoms with Crippen LogP contribution in [0.15, 0.2) is 58.0 Å². The summed E-state index contributed by atoms with van der Waals surface area (Å²) < 4.78 is 19.8. The van der Waals surface area contributed by atoms with Crippen LogP contribution in [0.1, 0.15) is 24.7 Å². The maximum absolute atomic E-state index is 13.2. The lowest BCUT2D eigenvalue weighted by Gasteiger charge is -2.31. The van der Waals surface area contributed by atoms with E-state index in [1.807, 2.05) is 0 Å². The second-order valence-corrected chi connectivity index (χ2v) is 7.52. The van der Waals surface area contributed by atoms with Crippen LogP contribution in [0.4, 0.5) is 15.9 Å². The first-order valence-electron chi connectivity index (χ1n) is 10.0. The minimum Gasteiger partial charge on any atom is -0.350 e. The predicted octanol–water partition coefficient (Wildman–Crippen LogP) is 3.18. The Labute approximate surface area is 180 Å². The van der Waals surface area contributed by atoms with Gasteiger partial charge in [0, 0.05) is 24.8 Å². The topological polar surface area (TPSA) is 120 Å². The Balaban J connectivity index is 1.48. The van der Waals surface area contributed by atoms with Gasteiger partial charge in [0.05, 0.1) is 10.8 Å². The van der Waals surface area contributed by atoms with Crippen LogP contribution in [-0.2, 0) is 0 Å². The average molecular weight is 436 g/mol. The molecule has 1 unspecified atom stereocenters. The normalized spacial score (nSPS) is 16.4. The molecular weight excluding hydrogens is 419 g/mol. The zero-order valence-corrected chi connectivity index (χ0v) is 16.7. The predicted molar refractivity (Wildman–Crippen MR) is 112 cm³/mol. The Hall–Kier alpha value is -4.15. The highest BCUT2D eigenvalue weighted by Crippen LogP contribution is 2.32. The molecule has 0 saturated carbocycles. The minimum absolute atomic E-state index is 0.0363. The molecule has 5 rings (SSSR count). The third kappa shape index (κ3) is 3.47. The van der Waals surface area contributed by atoms with E-state index in [2.05, 4.69) is 15.1 Å². The molecule has 3 aromatic heterocycles. The molecule has 0 amide bonds. The van der Waals surface area contributed by atoms with Gasteiger partial charge in [0.1, 0.15) is 11.5 Å². The highest BCUT2D eigenvalue weighted by Gasteiger charge is 2.33. The molecule has 1 aromatic carbocycles. The van der Waals surface area contributed by atoms with Crippen LogP contribution < -0.4 is 10.5 Å². The van der Waals surface area contributed by atoms with E-state index in [4.69, 9.17) is 4.52 Å². The van der Waals surface area contributed by atoms with Crippen molar-refractivity contribution in [1.82, 2.24) is 19.5 Å². The van der Waals surface area contributed by atoms with E-state index >= 15 is 0 Å². The highest BCUT2D eigenvalue weighted by molar-refractivity contribution is 5.62. The summed E-state index contributed by atoms with van der Waals surface area (Å²) in [5, 5.41) is 15.7. The fraction of sp³-hybridized carbons (Fsp3) is 0.238. The van der Waals surface area contributed by atoms with E-state index in [9.17, 15) is 19.3 Å². The summed E-state index contributed by atoms with van der Waals surface area (Å²) in [6.07, 6.45) is 2.89. The molecular formula is C21H17FN6O4. The van der Waals surface area contributed by atoms with Gasteiger partial charge in [-0.2, -0.15) is 4.98 Å². The molecule has 1 saturated heterocycles. The zero-order valence-electron chi connectivity index (χ0n) is 16.7. The number of rotatable bonds is 4. The van der Waals surface area contributed by atoms with Gasteiger partial charge in [-0.1, -0.05) is 11.2 Å². The van der Waals surface area contributed by atoms with Crippen molar-refractivity contribution in [2.45, 2.75) is 18.8 Å². The number of halogens is 1. The van der Waals surface area contributed by atoms with Gasteiger partial charge in [0.2, 0.25) is 17.5 Å². The number of benzene rings is 1. The average Bonchev–Trinajstić information content (AvgIpc) is 3.30. The first-order chi connectivity index (χ1) is 15.5. The molecule has 162 valence electrons. The number of piperidine rings is 1. The van der Waals surface area contributed by atoms with Gasteiger partial charge < -0.3 is 9.42 Å². The fourth-order valence-electron chi connectivity index (χ4n) is 3.94. The second-order valence-electron chi connectivity index (χ2n) is 7.52. The first kappa shape index (κ1) is 19.8. The minimum atomic E-state index is -0.728. The maximum atomic E-state index is 13.2. The number of nitro groups is 1. The third-order valence-electron chi connectivity index (χ3n) is 5.49. The van der Waals surface area contributed by atoms with Crippen molar-refractivity contribution in [2.75, 3.05) is 18.0 Å². The molecule has 0 aliphatic carbocycles. The van der Waals surface area contributed by atoms with E-state index in [1.54, 1.807) is 35.2 Å². The molecule has 10 nitrogen and oxygen atoms in total. The van der Waals surface area contributed by atoms with Crippen LogP contribution in [0.25, 0.3) is 17.0 Å². The molecule has 1 fully saturated rings. The zero-order chi connectivity index (χ0) is 22.2. The monoisotopic (exact) mass is 436 g/mol. The van der Waals surface area contributed by atoms with E-state index in [-0.39, 0.29) is 17.6 Å². The molecule has 0 spiro atoms. The Bertz CT molecular complexity index is 1370. The van der Waals surface area contributed by atoms with E-state index in [1.165, 1.54) is 18.3 Å². The van der Waals surface area contributed by atoms with E-state index in [0.29, 0.717) is 42.4 Å². The van der Waals surface area contributed by atoms with E-state index in [0.717, 1.165) is 10.8 Å². The quantitative estimate of drug-likeness (QED) is 0.353. The van der Waals surface area contributed by atoms with Crippen LogP contribution in [0, 0.1) is 15.9 Å². The van der Waals surface area contributed by atoms with Gasteiger partial charge in [-0.3, -0.25) is 19.3 Å². The van der Waals surface area contributed by atoms with Crippen LogP contribution in [0.3, 0.4) is 0 Å². The largest absolute Gasteiger partial charge is 0.376 e. The molecule has 4 heterocycles. The summed E-state index contributed by atoms with van der Waals surface area (Å²) in [5.74, 6) is 0.204. The number of nitrogens with zero attached hydrogens (tertiary/aromatic N) is 6. The molecule has 1 aliphatic rings. The Kier molecular flexibility index (Phi) is 4.85. The molecule has 4 aromatic rings. The molecule has 0 radical (unpaired) electrons. The third-order valence-corrected chi connectivity index (χ3v) is 5.49. The van der Waals surface area contributed by atoms with Crippen molar-refractivity contribution in [3.8, 4) is 11.4 Å². The van der Waals surface area contributed by atoms with Gasteiger partial charge >= 0.3 is 11.2 Å². The van der Waals surface area contributed by atoms with Crippen LogP contribution in [-0.4, -0.2) is 37.5 Å². The van der Waals surface area contributed by atoms with Crippen molar-refractivity contribution in [2.24, 2.45) is 0 Å². The van der Waals surface area contributed by atoms with E-state index < -0.39 is 16.2 Å². The van der Waals surface area contributed by atoms with Crippen LogP contribution in [0.2, 0.25) is 0 Å². The number of anilines is 1. The number of hydrogen-bond donors (Lipinski definition) is 0. The number of hydrogen-bond acceptors (Lipinski definition) is 8. The van der Waals surface area contributed by atoms with Crippen molar-refractivity contribution < 1.29 is 13.8 Å². The van der Waals surface area contributed by atoms with Gasteiger partial charge in [-0.15, -0.1) is 0 Å². The second kappa shape index (κ2) is 7.84. The summed E-state index contributed by atoms with van der Waals surface area (Å²) in [5.41, 5.74) is -0.341. The molecule has 1 atom stereocenters. The maximum Gasteiger partial charge on any atom is 0.376 e. The smallest absolute Gasteiger partial charge is 0.350 e. The Morgan fingerprint density at radius 3 is 2.75 bits per heavy atom. The number of fused-ring (bicyclic) bond motifs is 1. The Morgan fingerprint density at radius 1 is 1.16 bits per heavy atom. The summed E-state index contributed by atoms with van der Waals surface area (Å²) in [4.78, 5) is 34.4. The van der Waals surface area contributed by atoms with Crippen molar-refractivity contribution in [3.05, 3.63) is 80.8 Å². The molecule has 0 N–H and O–H groups in total. The van der Waals surface area contributed by atoms with Gasteiger partial charge in [-0.05, 0) is 49.2 Å². The highest BCUT2D eigenvalue weighted by atomic mass is 19.1. The standard InChI is InChI=1S/C21H17FN6O4/c22-15-8-6-13(7-9-15)18-24-20(32-25-18)14-4-3-10-26(12-14)19-17(28(30)31)21(29)27-11-2-1-5-16(27)23-19/h1-2,5-9,11,14H,3-4,10,12H2. The summed E-state index contributed by atoms with van der Waals surface area (Å²) in [6.45, 7) is 0.840. The molecule has 11 heteroatoms. The lowest BCUT2D eigenvalue weighted by molar-refractivity contribution is -0.385. The van der Waals surface area contributed by atoms with Crippen LogP contribution in [0.5, 0.6) is 0 Å². The van der Waals surface area contributed by atoms with Gasteiger partial charge in [-0.25, -0.2) is 9.37 Å². The fourth-order valence-corrected chi connectivity index (χ4v) is 3.94. The summed E-state index contributed by atoms with van der Waals surface area (Å²) in [7, 11) is 0. The lowest BCUT2D eigenvalue weighted by Crippen LogP contribution is -2.37. The Morgan fingerprint density at radius 2 is 1.97 bits per heavy atom. The number of aromatic nitrogens is 4. The molecule has 0 bridgehead atoms. The molecule has 1 aliphatic heterocycles. The first-order valence-corrected chi connectivity index (χ1v) is 10.0. The van der Waals surface area contributed by atoms with Gasteiger partial charge in [0.25, 0.3) is 0 Å².